The Morgan fingerprint density at radius 1 is 1.15 bits per heavy atom. The number of hydrogen-bond acceptors (Lipinski definition) is 6. The van der Waals surface area contributed by atoms with Crippen LogP contribution in [0.1, 0.15) is 30.4 Å². The molecule has 9 nitrogen and oxygen atoms in total. The number of benzene rings is 1. The predicted octanol–water partition coefficient (Wildman–Crippen LogP) is 2.65. The van der Waals surface area contributed by atoms with Gasteiger partial charge in [0.15, 0.2) is 17.4 Å². The van der Waals surface area contributed by atoms with Gasteiger partial charge in [0.25, 0.3) is 5.91 Å². The van der Waals surface area contributed by atoms with Crippen molar-refractivity contribution in [2.75, 3.05) is 39.4 Å². The van der Waals surface area contributed by atoms with Crippen LogP contribution in [-0.4, -0.2) is 81.4 Å². The maximum atomic E-state index is 14.6. The molecule has 1 aromatic carbocycles. The number of carbonyl (C=O) groups excluding carboxylic acids is 1. The van der Waals surface area contributed by atoms with Crippen molar-refractivity contribution in [3.8, 4) is 16.9 Å². The number of likely N-dealkylation sites (N-methyl/N-ethyl adjacent to an activating group) is 1. The number of hydrogen-bond donors (Lipinski definition) is 2. The molecule has 1 aromatic heterocycles. The number of amides is 2. The highest BCUT2D eigenvalue weighted by Crippen LogP contribution is 2.29. The molecular weight excluding hydrogens is 438 g/mol. The fourth-order valence-corrected chi connectivity index (χ4v) is 3.61. The van der Waals surface area contributed by atoms with Gasteiger partial charge < -0.3 is 24.7 Å². The van der Waals surface area contributed by atoms with Gasteiger partial charge in [-0.3, -0.25) is 4.79 Å². The minimum atomic E-state index is -0.976. The van der Waals surface area contributed by atoms with Gasteiger partial charge in [0.2, 0.25) is 5.82 Å². The number of carboxylic acid groups (broad SMARTS) is 1. The number of ether oxygens (including phenoxy) is 1. The first-order chi connectivity index (χ1) is 15.8. The van der Waals surface area contributed by atoms with E-state index in [-0.39, 0.29) is 37.1 Å². The summed E-state index contributed by atoms with van der Waals surface area (Å²) in [6, 6.07) is 2.21. The minimum absolute atomic E-state index is 0.00563. The van der Waals surface area contributed by atoms with Crippen LogP contribution in [0, 0.1) is 17.6 Å². The molecule has 0 atom stereocenters. The van der Waals surface area contributed by atoms with Crippen LogP contribution in [0.25, 0.3) is 11.1 Å². The quantitative estimate of drug-likeness (QED) is 0.617. The maximum absolute atomic E-state index is 14.6. The summed E-state index contributed by atoms with van der Waals surface area (Å²) in [5, 5.41) is 18.0. The van der Waals surface area contributed by atoms with Crippen LogP contribution < -0.4 is 4.74 Å². The van der Waals surface area contributed by atoms with Gasteiger partial charge in [0.1, 0.15) is 0 Å². The Bertz CT molecular complexity index is 958. The number of halogens is 2. The van der Waals surface area contributed by atoms with Crippen LogP contribution >= 0.6 is 0 Å². The summed E-state index contributed by atoms with van der Waals surface area (Å²) >= 11 is 0. The molecule has 1 aliphatic rings. The third-order valence-electron chi connectivity index (χ3n) is 5.56. The number of piperidine rings is 1. The normalized spacial score (nSPS) is 14.2. The molecule has 0 unspecified atom stereocenters. The van der Waals surface area contributed by atoms with Gasteiger partial charge in [-0.2, -0.15) is 0 Å². The lowest BCUT2D eigenvalue weighted by Crippen LogP contribution is -2.38. The number of likely N-dealkylation sites (tertiary alicyclic amines) is 1. The third-order valence-corrected chi connectivity index (χ3v) is 5.56. The lowest BCUT2D eigenvalue weighted by molar-refractivity contribution is 0.0719. The molecule has 0 saturated carbocycles. The molecule has 33 heavy (non-hydrogen) atoms. The van der Waals surface area contributed by atoms with Crippen LogP contribution in [0.2, 0.25) is 0 Å². The average Bonchev–Trinajstić information content (AvgIpc) is 2.82. The number of carbonyl (C=O) groups is 2. The maximum Gasteiger partial charge on any atom is 0.407 e. The highest BCUT2D eigenvalue weighted by Gasteiger charge is 2.24. The first kappa shape index (κ1) is 24.3. The number of nitrogens with zero attached hydrogens (tertiary/aromatic N) is 4. The summed E-state index contributed by atoms with van der Waals surface area (Å²) in [6.07, 6.45) is 2.75. The summed E-state index contributed by atoms with van der Waals surface area (Å²) in [7, 11) is 0. The summed E-state index contributed by atoms with van der Waals surface area (Å²) < 4.78 is 34.6. The Morgan fingerprint density at radius 3 is 2.27 bits per heavy atom. The zero-order valence-corrected chi connectivity index (χ0v) is 18.2. The zero-order valence-electron chi connectivity index (χ0n) is 18.2. The smallest absolute Gasteiger partial charge is 0.407 e. The van der Waals surface area contributed by atoms with E-state index in [2.05, 4.69) is 9.97 Å². The van der Waals surface area contributed by atoms with Crippen molar-refractivity contribution in [1.29, 1.82) is 0 Å². The topological polar surface area (TPSA) is 116 Å². The monoisotopic (exact) mass is 464 g/mol. The predicted molar refractivity (Wildman–Crippen MR) is 114 cm³/mol. The summed E-state index contributed by atoms with van der Waals surface area (Å²) in [5.41, 5.74) is 0.510. The third kappa shape index (κ3) is 5.92. The van der Waals surface area contributed by atoms with Crippen molar-refractivity contribution >= 4 is 12.0 Å². The van der Waals surface area contributed by atoms with E-state index in [1.165, 1.54) is 22.2 Å². The molecule has 2 heterocycles. The van der Waals surface area contributed by atoms with Gasteiger partial charge in [-0.1, -0.05) is 0 Å². The van der Waals surface area contributed by atoms with Crippen molar-refractivity contribution in [3.63, 3.8) is 0 Å². The first-order valence-corrected chi connectivity index (χ1v) is 10.7. The van der Waals surface area contributed by atoms with Gasteiger partial charge in [-0.05, 0) is 43.4 Å². The van der Waals surface area contributed by atoms with Crippen molar-refractivity contribution < 1.29 is 33.3 Å². The molecule has 178 valence electrons. The van der Waals surface area contributed by atoms with Crippen LogP contribution in [0.3, 0.4) is 0 Å². The molecule has 0 bridgehead atoms. The molecule has 1 fully saturated rings. The lowest BCUT2D eigenvalue weighted by Gasteiger charge is -2.29. The second-order valence-electron chi connectivity index (χ2n) is 7.70. The molecular formula is C22H26F2N4O5. The van der Waals surface area contributed by atoms with Crippen molar-refractivity contribution in [2.24, 2.45) is 5.92 Å². The largest absolute Gasteiger partial charge is 0.487 e. The standard InChI is InChI=1S/C22H26F2N4O5/c1-2-27(7-8-29)21(30)20-25-11-16(12-26-20)15-9-17(23)19(18(24)10-15)33-13-14-3-5-28(6-4-14)22(31)32/h9-12,14,29H,2-8,13H2,1H3,(H,31,32). The highest BCUT2D eigenvalue weighted by atomic mass is 19.1. The van der Waals surface area contributed by atoms with Crippen LogP contribution in [0.15, 0.2) is 24.5 Å². The van der Waals surface area contributed by atoms with Crippen molar-refractivity contribution in [1.82, 2.24) is 19.8 Å². The number of rotatable bonds is 8. The lowest BCUT2D eigenvalue weighted by atomic mass is 9.98. The molecule has 11 heteroatoms. The molecule has 1 aliphatic heterocycles. The number of aliphatic hydroxyl groups excluding tert-OH is 1. The molecule has 0 spiro atoms. The Kier molecular flexibility index (Phi) is 8.10. The molecule has 0 radical (unpaired) electrons. The Hall–Kier alpha value is -3.34. The van der Waals surface area contributed by atoms with E-state index in [1.807, 2.05) is 0 Å². The molecule has 2 amide bonds. The first-order valence-electron chi connectivity index (χ1n) is 10.7. The number of aliphatic hydroxyl groups is 1. The van der Waals surface area contributed by atoms with Crippen molar-refractivity contribution in [3.05, 3.63) is 42.0 Å². The van der Waals surface area contributed by atoms with Gasteiger partial charge in [-0.15, -0.1) is 0 Å². The molecule has 1 saturated heterocycles. The zero-order chi connectivity index (χ0) is 24.0. The summed E-state index contributed by atoms with van der Waals surface area (Å²) in [4.78, 5) is 34.0. The van der Waals surface area contributed by atoms with Crippen LogP contribution in [-0.2, 0) is 0 Å². The van der Waals surface area contributed by atoms with Gasteiger partial charge in [0, 0.05) is 44.1 Å². The van der Waals surface area contributed by atoms with Gasteiger partial charge >= 0.3 is 6.09 Å². The second kappa shape index (κ2) is 11.0. The van der Waals surface area contributed by atoms with E-state index < -0.39 is 29.4 Å². The van der Waals surface area contributed by atoms with Gasteiger partial charge in [0.05, 0.1) is 13.2 Å². The van der Waals surface area contributed by atoms with E-state index in [4.69, 9.17) is 14.9 Å². The van der Waals surface area contributed by atoms with Crippen molar-refractivity contribution in [2.45, 2.75) is 19.8 Å². The fraction of sp³-hybridized carbons (Fsp3) is 0.455. The van der Waals surface area contributed by atoms with E-state index in [0.717, 1.165) is 12.1 Å². The van der Waals surface area contributed by atoms with Gasteiger partial charge in [-0.25, -0.2) is 23.5 Å². The number of aromatic nitrogens is 2. The Morgan fingerprint density at radius 2 is 1.76 bits per heavy atom. The Balaban J connectivity index is 1.66. The van der Waals surface area contributed by atoms with E-state index in [9.17, 15) is 18.4 Å². The van der Waals surface area contributed by atoms with E-state index in [0.29, 0.717) is 38.0 Å². The summed E-state index contributed by atoms with van der Waals surface area (Å²) in [6.45, 7) is 2.91. The minimum Gasteiger partial charge on any atom is -0.487 e. The van der Waals surface area contributed by atoms with Crippen LogP contribution in [0.4, 0.5) is 13.6 Å². The van der Waals surface area contributed by atoms with Crippen LogP contribution in [0.5, 0.6) is 5.75 Å². The van der Waals surface area contributed by atoms with E-state index >= 15 is 0 Å². The molecule has 2 N–H and O–H groups in total. The fourth-order valence-electron chi connectivity index (χ4n) is 3.61. The SMILES string of the molecule is CCN(CCO)C(=O)c1ncc(-c2cc(F)c(OCC3CCN(C(=O)O)CC3)c(F)c2)cn1. The summed E-state index contributed by atoms with van der Waals surface area (Å²) in [5.74, 6) is -2.78. The highest BCUT2D eigenvalue weighted by molar-refractivity contribution is 5.90. The molecule has 0 aliphatic carbocycles. The molecule has 3 rings (SSSR count). The average molecular weight is 464 g/mol. The van der Waals surface area contributed by atoms with E-state index in [1.54, 1.807) is 6.92 Å². The molecule has 2 aromatic rings. The Labute approximate surface area is 189 Å². The second-order valence-corrected chi connectivity index (χ2v) is 7.70.